The first-order valence-corrected chi connectivity index (χ1v) is 6.02. The summed E-state index contributed by atoms with van der Waals surface area (Å²) in [6, 6.07) is 3.65. The molecule has 1 aliphatic heterocycles. The summed E-state index contributed by atoms with van der Waals surface area (Å²) >= 11 is 0. The van der Waals surface area contributed by atoms with Crippen LogP contribution in [0.15, 0.2) is 12.1 Å². The van der Waals surface area contributed by atoms with Crippen molar-refractivity contribution < 1.29 is 14.3 Å². The van der Waals surface area contributed by atoms with Gasteiger partial charge in [-0.1, -0.05) is 0 Å². The van der Waals surface area contributed by atoms with E-state index in [1.807, 2.05) is 26.0 Å². The van der Waals surface area contributed by atoms with E-state index in [0.29, 0.717) is 19.8 Å². The van der Waals surface area contributed by atoms with Crippen LogP contribution in [0.5, 0.6) is 5.75 Å². The molecule has 98 valence electrons. The molecule has 0 amide bonds. The van der Waals surface area contributed by atoms with Gasteiger partial charge in [-0.25, -0.2) is 0 Å². The molecule has 18 heavy (non-hydrogen) atoms. The van der Waals surface area contributed by atoms with Gasteiger partial charge in [-0.3, -0.25) is 4.79 Å². The van der Waals surface area contributed by atoms with Crippen molar-refractivity contribution in [1.82, 2.24) is 0 Å². The lowest BCUT2D eigenvalue weighted by Crippen LogP contribution is -2.54. The van der Waals surface area contributed by atoms with E-state index in [4.69, 9.17) is 15.2 Å². The maximum Gasteiger partial charge on any atom is 0.175 e. The summed E-state index contributed by atoms with van der Waals surface area (Å²) in [5, 5.41) is 0. The number of hydrogen-bond donors (Lipinski definition) is 1. The number of carbonyl (C=O) groups excluding carboxylic acids is 1. The number of hydrogen-bond acceptors (Lipinski definition) is 4. The van der Waals surface area contributed by atoms with Crippen molar-refractivity contribution in [2.24, 2.45) is 11.1 Å². The van der Waals surface area contributed by atoms with Gasteiger partial charge in [0.2, 0.25) is 0 Å². The highest BCUT2D eigenvalue weighted by Crippen LogP contribution is 2.33. The van der Waals surface area contributed by atoms with Gasteiger partial charge < -0.3 is 15.2 Å². The van der Waals surface area contributed by atoms with Gasteiger partial charge in [0.25, 0.3) is 0 Å². The van der Waals surface area contributed by atoms with Crippen molar-refractivity contribution >= 4 is 5.78 Å². The second kappa shape index (κ2) is 4.71. The first kappa shape index (κ1) is 13.1. The summed E-state index contributed by atoms with van der Waals surface area (Å²) in [6.07, 6.45) is 0. The van der Waals surface area contributed by atoms with Gasteiger partial charge in [0, 0.05) is 12.1 Å². The highest BCUT2D eigenvalue weighted by atomic mass is 16.5. The fraction of sp³-hybridized carbons (Fsp3) is 0.500. The van der Waals surface area contributed by atoms with Crippen molar-refractivity contribution in [3.05, 3.63) is 28.8 Å². The summed E-state index contributed by atoms with van der Waals surface area (Å²) in [7, 11) is 1.63. The van der Waals surface area contributed by atoms with Crippen LogP contribution in [-0.2, 0) is 4.74 Å². The van der Waals surface area contributed by atoms with Crippen LogP contribution in [0.1, 0.15) is 21.5 Å². The van der Waals surface area contributed by atoms with Crippen LogP contribution < -0.4 is 10.5 Å². The van der Waals surface area contributed by atoms with E-state index in [2.05, 4.69) is 0 Å². The second-order valence-corrected chi connectivity index (χ2v) is 4.87. The normalized spacial score (nSPS) is 17.1. The SMILES string of the molecule is COc1ccc(C(=O)C2(CN)COC2)c(C)c1C. The molecule has 0 atom stereocenters. The third kappa shape index (κ3) is 1.82. The van der Waals surface area contributed by atoms with Gasteiger partial charge in [0.05, 0.1) is 25.7 Å². The molecule has 0 radical (unpaired) electrons. The lowest BCUT2D eigenvalue weighted by atomic mass is 9.77. The minimum absolute atomic E-state index is 0.0829. The first-order valence-electron chi connectivity index (χ1n) is 6.02. The molecule has 1 saturated heterocycles. The predicted octanol–water partition coefficient (Wildman–Crippen LogP) is 1.47. The van der Waals surface area contributed by atoms with Gasteiger partial charge in [-0.2, -0.15) is 0 Å². The first-order chi connectivity index (χ1) is 8.55. The summed E-state index contributed by atoms with van der Waals surface area (Å²) in [6.45, 7) is 5.07. The lowest BCUT2D eigenvalue weighted by Gasteiger charge is -2.39. The number of Topliss-reactive ketones (excluding diaryl/α,β-unsaturated/α-hetero) is 1. The summed E-state index contributed by atoms with van der Waals surface area (Å²) in [5.74, 6) is 0.884. The van der Waals surface area contributed by atoms with Crippen molar-refractivity contribution in [1.29, 1.82) is 0 Å². The summed E-state index contributed by atoms with van der Waals surface area (Å²) in [4.78, 5) is 12.6. The molecule has 1 aromatic carbocycles. The Morgan fingerprint density at radius 3 is 2.50 bits per heavy atom. The van der Waals surface area contributed by atoms with E-state index in [1.54, 1.807) is 7.11 Å². The van der Waals surface area contributed by atoms with Crippen LogP contribution in [0.4, 0.5) is 0 Å². The Bertz CT molecular complexity index is 473. The van der Waals surface area contributed by atoms with Crippen molar-refractivity contribution in [3.8, 4) is 5.75 Å². The van der Waals surface area contributed by atoms with Crippen LogP contribution in [-0.4, -0.2) is 32.7 Å². The minimum atomic E-state index is -0.522. The largest absolute Gasteiger partial charge is 0.496 e. The van der Waals surface area contributed by atoms with E-state index in [1.165, 1.54) is 0 Å². The average Bonchev–Trinajstić information content (AvgIpc) is 2.31. The summed E-state index contributed by atoms with van der Waals surface area (Å²) < 4.78 is 10.4. The van der Waals surface area contributed by atoms with Gasteiger partial charge in [0.15, 0.2) is 5.78 Å². The van der Waals surface area contributed by atoms with Crippen molar-refractivity contribution in [2.45, 2.75) is 13.8 Å². The van der Waals surface area contributed by atoms with Crippen LogP contribution in [0.25, 0.3) is 0 Å². The van der Waals surface area contributed by atoms with Crippen LogP contribution in [0, 0.1) is 19.3 Å². The topological polar surface area (TPSA) is 61.5 Å². The van der Waals surface area contributed by atoms with Crippen molar-refractivity contribution in [2.75, 3.05) is 26.9 Å². The quantitative estimate of drug-likeness (QED) is 0.821. The summed E-state index contributed by atoms with van der Waals surface area (Å²) in [5.41, 5.74) is 7.88. The van der Waals surface area contributed by atoms with E-state index >= 15 is 0 Å². The fourth-order valence-corrected chi connectivity index (χ4v) is 2.24. The molecule has 0 spiro atoms. The fourth-order valence-electron chi connectivity index (χ4n) is 2.24. The van der Waals surface area contributed by atoms with Crippen LogP contribution in [0.2, 0.25) is 0 Å². The zero-order valence-corrected chi connectivity index (χ0v) is 11.1. The van der Waals surface area contributed by atoms with E-state index in [9.17, 15) is 4.79 Å². The number of ketones is 1. The maximum absolute atomic E-state index is 12.6. The van der Waals surface area contributed by atoms with Crippen LogP contribution >= 0.6 is 0 Å². The molecule has 0 saturated carbocycles. The Morgan fingerprint density at radius 1 is 1.39 bits per heavy atom. The Labute approximate surface area is 107 Å². The Hall–Kier alpha value is -1.39. The number of rotatable bonds is 4. The lowest BCUT2D eigenvalue weighted by molar-refractivity contribution is -0.0816. The molecule has 4 nitrogen and oxygen atoms in total. The number of ether oxygens (including phenoxy) is 2. The number of methoxy groups -OCH3 is 1. The molecule has 1 aromatic rings. The molecule has 4 heteroatoms. The Balaban J connectivity index is 2.40. The monoisotopic (exact) mass is 249 g/mol. The third-order valence-corrected chi connectivity index (χ3v) is 3.83. The predicted molar refractivity (Wildman–Crippen MR) is 69.1 cm³/mol. The smallest absolute Gasteiger partial charge is 0.175 e. The highest BCUT2D eigenvalue weighted by molar-refractivity contribution is 6.03. The Morgan fingerprint density at radius 2 is 2.06 bits per heavy atom. The molecule has 2 N–H and O–H groups in total. The number of nitrogens with two attached hydrogens (primary N) is 1. The third-order valence-electron chi connectivity index (χ3n) is 3.83. The van der Waals surface area contributed by atoms with E-state index in [0.717, 1.165) is 22.4 Å². The van der Waals surface area contributed by atoms with Gasteiger partial charge in [0.1, 0.15) is 5.75 Å². The average molecular weight is 249 g/mol. The zero-order valence-electron chi connectivity index (χ0n) is 11.1. The van der Waals surface area contributed by atoms with E-state index < -0.39 is 5.41 Å². The molecule has 1 heterocycles. The molecule has 0 aromatic heterocycles. The zero-order chi connectivity index (χ0) is 13.3. The molecule has 0 aliphatic carbocycles. The molecule has 2 rings (SSSR count). The number of carbonyl (C=O) groups is 1. The molecular formula is C14H19NO3. The minimum Gasteiger partial charge on any atom is -0.496 e. The van der Waals surface area contributed by atoms with Crippen molar-refractivity contribution in [3.63, 3.8) is 0 Å². The standard InChI is InChI=1S/C14H19NO3/c1-9-10(2)12(17-3)5-4-11(9)13(16)14(6-15)7-18-8-14/h4-5H,6-8,15H2,1-3H3. The van der Waals surface area contributed by atoms with Crippen LogP contribution in [0.3, 0.4) is 0 Å². The Kier molecular flexibility index (Phi) is 3.41. The van der Waals surface area contributed by atoms with E-state index in [-0.39, 0.29) is 5.78 Å². The maximum atomic E-state index is 12.6. The molecule has 1 aliphatic rings. The number of benzene rings is 1. The second-order valence-electron chi connectivity index (χ2n) is 4.87. The van der Waals surface area contributed by atoms with Gasteiger partial charge in [-0.15, -0.1) is 0 Å². The molecule has 1 fully saturated rings. The molecular weight excluding hydrogens is 230 g/mol. The van der Waals surface area contributed by atoms with Gasteiger partial charge >= 0.3 is 0 Å². The molecule has 0 bridgehead atoms. The highest BCUT2D eigenvalue weighted by Gasteiger charge is 2.45. The van der Waals surface area contributed by atoms with Gasteiger partial charge in [-0.05, 0) is 37.1 Å². The molecule has 0 unspecified atom stereocenters.